The molecule has 1 saturated heterocycles. The van der Waals surface area contributed by atoms with Gasteiger partial charge in [0.15, 0.2) is 6.10 Å². The van der Waals surface area contributed by atoms with Crippen LogP contribution in [0.4, 0.5) is 0 Å². The summed E-state index contributed by atoms with van der Waals surface area (Å²) in [7, 11) is 1.53. The molecule has 70 valence electrons. The molecule has 2 atom stereocenters. The first-order valence-electron chi connectivity index (χ1n) is 3.71. The van der Waals surface area contributed by atoms with E-state index in [-0.39, 0.29) is 19.3 Å². The van der Waals surface area contributed by atoms with Gasteiger partial charge in [0.2, 0.25) is 0 Å². The Hall–Kier alpha value is -0.650. The number of rotatable bonds is 5. The third-order valence-corrected chi connectivity index (χ3v) is 1.53. The van der Waals surface area contributed by atoms with E-state index in [1.807, 2.05) is 0 Å². The van der Waals surface area contributed by atoms with Crippen molar-refractivity contribution in [2.45, 2.75) is 12.2 Å². The van der Waals surface area contributed by atoms with Gasteiger partial charge in [-0.1, -0.05) is 0 Å². The summed E-state index contributed by atoms with van der Waals surface area (Å²) in [5, 5.41) is 8.54. The van der Waals surface area contributed by atoms with Gasteiger partial charge in [-0.2, -0.15) is 0 Å². The third kappa shape index (κ3) is 2.44. The van der Waals surface area contributed by atoms with Crippen LogP contribution in [0.15, 0.2) is 0 Å². The van der Waals surface area contributed by atoms with Crippen molar-refractivity contribution < 1.29 is 24.1 Å². The largest absolute Gasteiger partial charge is 0.461 e. The Morgan fingerprint density at radius 2 is 2.33 bits per heavy atom. The summed E-state index contributed by atoms with van der Waals surface area (Å²) < 4.78 is 14.2. The molecule has 0 bridgehead atoms. The highest BCUT2D eigenvalue weighted by atomic mass is 16.6. The second-order valence-electron chi connectivity index (χ2n) is 2.44. The molecule has 0 amide bonds. The molecule has 0 aliphatic carbocycles. The molecule has 1 heterocycles. The van der Waals surface area contributed by atoms with E-state index in [4.69, 9.17) is 14.6 Å². The van der Waals surface area contributed by atoms with E-state index in [9.17, 15) is 4.79 Å². The fourth-order valence-corrected chi connectivity index (χ4v) is 0.797. The normalized spacial score (nSPS) is 26.8. The number of esters is 1. The molecule has 0 radical (unpaired) electrons. The van der Waals surface area contributed by atoms with E-state index >= 15 is 0 Å². The summed E-state index contributed by atoms with van der Waals surface area (Å²) in [6, 6.07) is 0. The van der Waals surface area contributed by atoms with Gasteiger partial charge in [-0.3, -0.25) is 0 Å². The molecule has 0 aromatic rings. The van der Waals surface area contributed by atoms with Crippen LogP contribution in [0.5, 0.6) is 0 Å². The highest BCUT2D eigenvalue weighted by Gasteiger charge is 2.45. The lowest BCUT2D eigenvalue weighted by Gasteiger charge is -2.00. The summed E-state index contributed by atoms with van der Waals surface area (Å²) in [5.74, 6) is -0.425. The van der Waals surface area contributed by atoms with Crippen molar-refractivity contribution in [2.75, 3.05) is 26.9 Å². The zero-order chi connectivity index (χ0) is 8.97. The number of carbonyl (C=O) groups is 1. The second kappa shape index (κ2) is 4.39. The van der Waals surface area contributed by atoms with E-state index in [1.54, 1.807) is 0 Å². The van der Waals surface area contributed by atoms with Crippen molar-refractivity contribution in [1.82, 2.24) is 0 Å². The summed E-state index contributed by atoms with van der Waals surface area (Å²) in [6.45, 7) is 0.472. The van der Waals surface area contributed by atoms with E-state index < -0.39 is 12.1 Å². The average molecular weight is 176 g/mol. The van der Waals surface area contributed by atoms with E-state index in [0.717, 1.165) is 0 Å². The van der Waals surface area contributed by atoms with E-state index in [1.165, 1.54) is 7.11 Å². The Morgan fingerprint density at radius 1 is 1.58 bits per heavy atom. The highest BCUT2D eigenvalue weighted by molar-refractivity contribution is 5.77. The summed E-state index contributed by atoms with van der Waals surface area (Å²) >= 11 is 0. The summed E-state index contributed by atoms with van der Waals surface area (Å²) in [4.78, 5) is 10.9. The first-order chi connectivity index (χ1) is 5.79. The number of ether oxygens (including phenoxy) is 3. The van der Waals surface area contributed by atoms with Gasteiger partial charge in [0.05, 0.1) is 13.2 Å². The molecule has 0 spiro atoms. The Labute approximate surface area is 70.2 Å². The van der Waals surface area contributed by atoms with Crippen LogP contribution in [0.2, 0.25) is 0 Å². The molecular weight excluding hydrogens is 164 g/mol. The predicted octanol–water partition coefficient (Wildman–Crippen LogP) is -1.06. The van der Waals surface area contributed by atoms with Crippen molar-refractivity contribution in [1.29, 1.82) is 0 Å². The first kappa shape index (κ1) is 9.44. The summed E-state index contributed by atoms with van der Waals surface area (Å²) in [5.41, 5.74) is 0. The standard InChI is InChI=1S/C7H12O5/c1-10-2-3-11-7(9)6-5(4-8)12-6/h5-6,8H,2-4H2,1H3/t5-,6+/m1/s1. The number of hydrogen-bond acceptors (Lipinski definition) is 5. The van der Waals surface area contributed by atoms with Crippen LogP contribution in [-0.2, 0) is 19.0 Å². The SMILES string of the molecule is COCCOC(=O)[C@H]1O[C@@H]1CO. The maximum absolute atomic E-state index is 10.9. The Bertz CT molecular complexity index is 158. The fraction of sp³-hybridized carbons (Fsp3) is 0.857. The van der Waals surface area contributed by atoms with Gasteiger partial charge < -0.3 is 19.3 Å². The van der Waals surface area contributed by atoms with Gasteiger partial charge in [0.1, 0.15) is 12.7 Å². The number of hydrogen-bond donors (Lipinski definition) is 1. The molecule has 1 N–H and O–H groups in total. The first-order valence-corrected chi connectivity index (χ1v) is 3.71. The lowest BCUT2D eigenvalue weighted by molar-refractivity contribution is -0.146. The van der Waals surface area contributed by atoms with Crippen molar-refractivity contribution in [3.8, 4) is 0 Å². The van der Waals surface area contributed by atoms with Crippen molar-refractivity contribution in [3.63, 3.8) is 0 Å². The minimum absolute atomic E-state index is 0.135. The van der Waals surface area contributed by atoms with Gasteiger partial charge in [0.25, 0.3) is 0 Å². The molecule has 5 heteroatoms. The lowest BCUT2D eigenvalue weighted by Crippen LogP contribution is -2.17. The molecule has 5 nitrogen and oxygen atoms in total. The van der Waals surface area contributed by atoms with Crippen LogP contribution in [0.3, 0.4) is 0 Å². The summed E-state index contributed by atoms with van der Waals surface area (Å²) in [6.07, 6.45) is -0.924. The lowest BCUT2D eigenvalue weighted by atomic mass is 10.3. The number of methoxy groups -OCH3 is 1. The van der Waals surface area contributed by atoms with Crippen LogP contribution in [0.1, 0.15) is 0 Å². The van der Waals surface area contributed by atoms with Crippen LogP contribution in [0.25, 0.3) is 0 Å². The van der Waals surface area contributed by atoms with E-state index in [2.05, 4.69) is 4.74 Å². The average Bonchev–Trinajstić information content (AvgIpc) is 2.83. The highest BCUT2D eigenvalue weighted by Crippen LogP contribution is 2.22. The third-order valence-electron chi connectivity index (χ3n) is 1.53. The van der Waals surface area contributed by atoms with Gasteiger partial charge in [-0.05, 0) is 0 Å². The molecule has 1 aliphatic rings. The quantitative estimate of drug-likeness (QED) is 0.328. The van der Waals surface area contributed by atoms with Crippen molar-refractivity contribution in [2.24, 2.45) is 0 Å². The van der Waals surface area contributed by atoms with Crippen LogP contribution < -0.4 is 0 Å². The molecule has 1 fully saturated rings. The topological polar surface area (TPSA) is 68.3 Å². The fourth-order valence-electron chi connectivity index (χ4n) is 0.797. The molecular formula is C7H12O5. The Morgan fingerprint density at radius 3 is 2.83 bits per heavy atom. The Kier molecular flexibility index (Phi) is 3.46. The van der Waals surface area contributed by atoms with E-state index in [0.29, 0.717) is 6.61 Å². The minimum Gasteiger partial charge on any atom is -0.461 e. The maximum atomic E-state index is 10.9. The number of carbonyl (C=O) groups excluding carboxylic acids is 1. The van der Waals surface area contributed by atoms with Gasteiger partial charge in [0, 0.05) is 7.11 Å². The molecule has 0 saturated carbocycles. The smallest absolute Gasteiger partial charge is 0.338 e. The van der Waals surface area contributed by atoms with Crippen molar-refractivity contribution in [3.05, 3.63) is 0 Å². The monoisotopic (exact) mass is 176 g/mol. The zero-order valence-electron chi connectivity index (χ0n) is 6.86. The van der Waals surface area contributed by atoms with Gasteiger partial charge in [-0.25, -0.2) is 4.79 Å². The van der Waals surface area contributed by atoms with Gasteiger partial charge in [-0.15, -0.1) is 0 Å². The van der Waals surface area contributed by atoms with Crippen LogP contribution >= 0.6 is 0 Å². The van der Waals surface area contributed by atoms with Crippen LogP contribution in [-0.4, -0.2) is 50.2 Å². The number of aliphatic hydroxyl groups excluding tert-OH is 1. The Balaban J connectivity index is 2.05. The van der Waals surface area contributed by atoms with Gasteiger partial charge >= 0.3 is 5.97 Å². The number of epoxide rings is 1. The number of aliphatic hydroxyl groups is 1. The molecule has 0 aromatic carbocycles. The molecule has 12 heavy (non-hydrogen) atoms. The molecule has 1 aliphatic heterocycles. The predicted molar refractivity (Wildman–Crippen MR) is 38.6 cm³/mol. The zero-order valence-corrected chi connectivity index (χ0v) is 6.86. The second-order valence-corrected chi connectivity index (χ2v) is 2.44. The molecule has 0 aromatic heterocycles. The molecule has 0 unspecified atom stereocenters. The minimum atomic E-state index is -0.563. The maximum Gasteiger partial charge on any atom is 0.338 e. The van der Waals surface area contributed by atoms with Crippen molar-refractivity contribution >= 4 is 5.97 Å². The van der Waals surface area contributed by atoms with Crippen LogP contribution in [0, 0.1) is 0 Å². The molecule has 1 rings (SSSR count).